The molecule has 0 unspecified atom stereocenters. The standard InChI is InChI=1S/C18H24N2O2/c1-13(2)16(21)17-19-15(14-9-5-3-6-10-14)18(22-17)20-11-7-4-8-12-20/h3,5-6,9-10,13,16,21H,4,7-8,11-12H2,1-2H3/t16-/m0/s1. The number of aliphatic hydroxyl groups excluding tert-OH is 1. The minimum absolute atomic E-state index is 0.0801. The van der Waals surface area contributed by atoms with Crippen molar-refractivity contribution in [1.82, 2.24) is 4.98 Å². The zero-order chi connectivity index (χ0) is 15.5. The molecule has 0 aliphatic carbocycles. The number of piperidine rings is 1. The summed E-state index contributed by atoms with van der Waals surface area (Å²) in [4.78, 5) is 6.88. The highest BCUT2D eigenvalue weighted by Crippen LogP contribution is 2.36. The third-order valence-corrected chi connectivity index (χ3v) is 4.20. The van der Waals surface area contributed by atoms with Crippen LogP contribution in [0.5, 0.6) is 0 Å². The Balaban J connectivity index is 2.01. The van der Waals surface area contributed by atoms with Gasteiger partial charge in [-0.25, -0.2) is 4.98 Å². The van der Waals surface area contributed by atoms with E-state index in [-0.39, 0.29) is 5.92 Å². The zero-order valence-corrected chi connectivity index (χ0v) is 13.3. The van der Waals surface area contributed by atoms with E-state index in [0.717, 1.165) is 30.2 Å². The smallest absolute Gasteiger partial charge is 0.226 e. The van der Waals surface area contributed by atoms with E-state index in [1.807, 2.05) is 44.2 Å². The first-order chi connectivity index (χ1) is 10.7. The number of hydrogen-bond acceptors (Lipinski definition) is 4. The van der Waals surface area contributed by atoms with Crippen LogP contribution in [-0.4, -0.2) is 23.2 Å². The molecule has 0 saturated carbocycles. The summed E-state index contributed by atoms with van der Waals surface area (Å²) in [6, 6.07) is 10.1. The van der Waals surface area contributed by atoms with Gasteiger partial charge in [0, 0.05) is 18.7 Å². The van der Waals surface area contributed by atoms with Crippen molar-refractivity contribution in [3.63, 3.8) is 0 Å². The SMILES string of the molecule is CC(C)[C@H](O)c1nc(-c2ccccc2)c(N2CCCCC2)o1. The van der Waals surface area contributed by atoms with E-state index in [0.29, 0.717) is 5.89 Å². The zero-order valence-electron chi connectivity index (χ0n) is 13.3. The quantitative estimate of drug-likeness (QED) is 0.926. The first-order valence-corrected chi connectivity index (χ1v) is 8.16. The van der Waals surface area contributed by atoms with Gasteiger partial charge in [-0.1, -0.05) is 44.2 Å². The molecule has 1 N–H and O–H groups in total. The van der Waals surface area contributed by atoms with Gasteiger partial charge in [0.05, 0.1) is 0 Å². The first-order valence-electron chi connectivity index (χ1n) is 8.16. The summed E-state index contributed by atoms with van der Waals surface area (Å²) in [6.45, 7) is 5.92. The molecule has 1 aliphatic heterocycles. The molecule has 22 heavy (non-hydrogen) atoms. The molecule has 1 saturated heterocycles. The summed E-state index contributed by atoms with van der Waals surface area (Å²) in [5.41, 5.74) is 1.88. The fourth-order valence-corrected chi connectivity index (χ4v) is 2.84. The molecular weight excluding hydrogens is 276 g/mol. The highest BCUT2D eigenvalue weighted by Gasteiger charge is 2.26. The number of aromatic nitrogens is 1. The Kier molecular flexibility index (Phi) is 4.48. The van der Waals surface area contributed by atoms with Gasteiger partial charge in [-0.15, -0.1) is 0 Å². The molecule has 118 valence electrons. The molecule has 3 rings (SSSR count). The Bertz CT molecular complexity index is 601. The molecule has 2 aromatic rings. The molecule has 2 heterocycles. The number of oxazole rings is 1. The second-order valence-corrected chi connectivity index (χ2v) is 6.31. The van der Waals surface area contributed by atoms with Crippen molar-refractivity contribution in [3.05, 3.63) is 36.2 Å². The summed E-state index contributed by atoms with van der Waals surface area (Å²) in [6.07, 6.45) is 2.96. The lowest BCUT2D eigenvalue weighted by Gasteiger charge is -2.26. The molecule has 0 bridgehead atoms. The maximum Gasteiger partial charge on any atom is 0.226 e. The normalized spacial score (nSPS) is 17.0. The topological polar surface area (TPSA) is 49.5 Å². The number of hydrogen-bond donors (Lipinski definition) is 1. The van der Waals surface area contributed by atoms with Gasteiger partial charge in [-0.3, -0.25) is 0 Å². The van der Waals surface area contributed by atoms with E-state index in [2.05, 4.69) is 9.88 Å². The van der Waals surface area contributed by atoms with Gasteiger partial charge in [0.25, 0.3) is 0 Å². The average Bonchev–Trinajstić information content (AvgIpc) is 3.01. The molecule has 1 aromatic carbocycles. The molecule has 1 aliphatic rings. The van der Waals surface area contributed by atoms with Crippen LogP contribution in [0.2, 0.25) is 0 Å². The predicted molar refractivity (Wildman–Crippen MR) is 87.8 cm³/mol. The van der Waals surface area contributed by atoms with Crippen molar-refractivity contribution < 1.29 is 9.52 Å². The van der Waals surface area contributed by atoms with Gasteiger partial charge in [0.1, 0.15) is 11.8 Å². The highest BCUT2D eigenvalue weighted by atomic mass is 16.4. The van der Waals surface area contributed by atoms with Crippen LogP contribution in [0, 0.1) is 5.92 Å². The van der Waals surface area contributed by atoms with E-state index in [9.17, 15) is 5.11 Å². The van der Waals surface area contributed by atoms with E-state index in [1.54, 1.807) is 0 Å². The van der Waals surface area contributed by atoms with E-state index in [4.69, 9.17) is 4.42 Å². The van der Waals surface area contributed by atoms with Gasteiger partial charge in [-0.2, -0.15) is 0 Å². The lowest BCUT2D eigenvalue weighted by molar-refractivity contribution is 0.0974. The Labute approximate surface area is 131 Å². The van der Waals surface area contributed by atoms with E-state index >= 15 is 0 Å². The lowest BCUT2D eigenvalue weighted by Crippen LogP contribution is -2.29. The van der Waals surface area contributed by atoms with Crippen molar-refractivity contribution in [2.75, 3.05) is 18.0 Å². The molecule has 1 aromatic heterocycles. The van der Waals surface area contributed by atoms with Crippen LogP contribution < -0.4 is 4.90 Å². The molecular formula is C18H24N2O2. The van der Waals surface area contributed by atoms with Crippen molar-refractivity contribution in [3.8, 4) is 11.3 Å². The van der Waals surface area contributed by atoms with Crippen LogP contribution >= 0.6 is 0 Å². The lowest BCUT2D eigenvalue weighted by atomic mass is 10.1. The number of nitrogens with zero attached hydrogens (tertiary/aromatic N) is 2. The second-order valence-electron chi connectivity index (χ2n) is 6.31. The molecule has 0 amide bonds. The molecule has 0 spiro atoms. The summed E-state index contributed by atoms with van der Waals surface area (Å²) in [7, 11) is 0. The fourth-order valence-electron chi connectivity index (χ4n) is 2.84. The van der Waals surface area contributed by atoms with Gasteiger partial charge in [-0.05, 0) is 25.2 Å². The molecule has 1 fully saturated rings. The van der Waals surface area contributed by atoms with Crippen LogP contribution in [-0.2, 0) is 0 Å². The third kappa shape index (κ3) is 3.02. The Morgan fingerprint density at radius 3 is 2.41 bits per heavy atom. The number of rotatable bonds is 4. The third-order valence-electron chi connectivity index (χ3n) is 4.20. The average molecular weight is 300 g/mol. The van der Waals surface area contributed by atoms with Crippen LogP contribution in [0.15, 0.2) is 34.7 Å². The van der Waals surface area contributed by atoms with Crippen LogP contribution in [0.25, 0.3) is 11.3 Å². The van der Waals surface area contributed by atoms with Gasteiger partial charge in [0.15, 0.2) is 0 Å². The first kappa shape index (κ1) is 15.1. The summed E-state index contributed by atoms with van der Waals surface area (Å²) in [5.74, 6) is 1.31. The fraction of sp³-hybridized carbons (Fsp3) is 0.500. The Hall–Kier alpha value is -1.81. The number of anilines is 1. The van der Waals surface area contributed by atoms with Crippen molar-refractivity contribution in [2.45, 2.75) is 39.2 Å². The van der Waals surface area contributed by atoms with Crippen LogP contribution in [0.3, 0.4) is 0 Å². The van der Waals surface area contributed by atoms with E-state index in [1.165, 1.54) is 19.3 Å². The largest absolute Gasteiger partial charge is 0.422 e. The van der Waals surface area contributed by atoms with Crippen molar-refractivity contribution in [2.24, 2.45) is 5.92 Å². The monoisotopic (exact) mass is 300 g/mol. The molecule has 1 atom stereocenters. The molecule has 4 nitrogen and oxygen atoms in total. The van der Waals surface area contributed by atoms with Crippen molar-refractivity contribution in [1.29, 1.82) is 0 Å². The van der Waals surface area contributed by atoms with Crippen molar-refractivity contribution >= 4 is 5.88 Å². The van der Waals surface area contributed by atoms with Gasteiger partial charge in [0.2, 0.25) is 11.8 Å². The summed E-state index contributed by atoms with van der Waals surface area (Å²) in [5, 5.41) is 10.3. The summed E-state index contributed by atoms with van der Waals surface area (Å²) < 4.78 is 6.00. The Morgan fingerprint density at radius 1 is 1.09 bits per heavy atom. The minimum Gasteiger partial charge on any atom is -0.422 e. The molecule has 4 heteroatoms. The maximum atomic E-state index is 10.3. The highest BCUT2D eigenvalue weighted by molar-refractivity contribution is 5.71. The number of aliphatic hydroxyl groups is 1. The van der Waals surface area contributed by atoms with Gasteiger partial charge < -0.3 is 14.4 Å². The molecule has 0 radical (unpaired) electrons. The van der Waals surface area contributed by atoms with Crippen LogP contribution in [0.4, 0.5) is 5.88 Å². The second kappa shape index (κ2) is 6.53. The predicted octanol–water partition coefficient (Wildman–Crippen LogP) is 4.02. The van der Waals surface area contributed by atoms with Gasteiger partial charge >= 0.3 is 0 Å². The van der Waals surface area contributed by atoms with E-state index < -0.39 is 6.10 Å². The van der Waals surface area contributed by atoms with Crippen LogP contribution in [0.1, 0.15) is 45.1 Å². The maximum absolute atomic E-state index is 10.3. The Morgan fingerprint density at radius 2 is 1.77 bits per heavy atom. The summed E-state index contributed by atoms with van der Waals surface area (Å²) >= 11 is 0. The minimum atomic E-state index is -0.666. The number of benzene rings is 1.